The summed E-state index contributed by atoms with van der Waals surface area (Å²) < 4.78 is 4.42. The summed E-state index contributed by atoms with van der Waals surface area (Å²) >= 11 is 5.65. The number of methoxy groups -OCH3 is 1. The fourth-order valence-corrected chi connectivity index (χ4v) is 1.09. The van der Waals surface area contributed by atoms with Crippen molar-refractivity contribution in [2.45, 2.75) is 32.1 Å². The molecule has 1 N–H and O–H groups in total. The van der Waals surface area contributed by atoms with Crippen molar-refractivity contribution in [3.8, 4) is 0 Å². The van der Waals surface area contributed by atoms with Gasteiger partial charge in [-0.15, -0.1) is 11.6 Å². The molecule has 0 saturated heterocycles. The third kappa shape index (κ3) is 7.19. The molecule has 5 heteroatoms. The molecule has 15 heavy (non-hydrogen) atoms. The number of rotatable bonds is 6. The van der Waals surface area contributed by atoms with Crippen LogP contribution in [-0.2, 0) is 14.3 Å². The molecule has 0 aromatic rings. The Morgan fingerprint density at radius 2 is 2.00 bits per heavy atom. The molecule has 1 atom stereocenters. The van der Waals surface area contributed by atoms with Gasteiger partial charge in [0.15, 0.2) is 0 Å². The summed E-state index contributed by atoms with van der Waals surface area (Å²) in [5, 5.41) is 1.77. The highest BCUT2D eigenvalue weighted by Gasteiger charge is 2.16. The summed E-state index contributed by atoms with van der Waals surface area (Å²) in [6.45, 7) is 4.21. The van der Waals surface area contributed by atoms with Crippen LogP contribution in [0.5, 0.6) is 0 Å². The monoisotopic (exact) mass is 235 g/mol. The van der Waals surface area contributed by atoms with Gasteiger partial charge in [0.05, 0.1) is 7.11 Å². The van der Waals surface area contributed by atoms with E-state index in [1.807, 2.05) is 13.8 Å². The van der Waals surface area contributed by atoms with Gasteiger partial charge in [0.1, 0.15) is 5.38 Å². The molecular weight excluding hydrogens is 218 g/mol. The number of nitrogens with one attached hydrogen (secondary N) is 1. The van der Waals surface area contributed by atoms with Gasteiger partial charge in [-0.3, -0.25) is 9.59 Å². The topological polar surface area (TPSA) is 55.4 Å². The minimum absolute atomic E-state index is 0.0850. The van der Waals surface area contributed by atoms with Crippen LogP contribution in [0.3, 0.4) is 0 Å². The van der Waals surface area contributed by atoms with Crippen molar-refractivity contribution in [2.24, 2.45) is 5.92 Å². The molecule has 0 aromatic heterocycles. The molecule has 0 aliphatic carbocycles. The predicted octanol–water partition coefficient (Wildman–Crippen LogP) is 1.32. The van der Waals surface area contributed by atoms with Crippen LogP contribution in [0.15, 0.2) is 0 Å². The normalized spacial score (nSPS) is 12.3. The summed E-state index contributed by atoms with van der Waals surface area (Å²) in [4.78, 5) is 22.1. The zero-order valence-corrected chi connectivity index (χ0v) is 10.1. The van der Waals surface area contributed by atoms with E-state index >= 15 is 0 Å². The second-order valence-electron chi connectivity index (χ2n) is 3.73. The molecule has 88 valence electrons. The molecule has 0 bridgehead atoms. The fourth-order valence-electron chi connectivity index (χ4n) is 0.923. The minimum atomic E-state index is -0.807. The average molecular weight is 236 g/mol. The van der Waals surface area contributed by atoms with Gasteiger partial charge in [-0.25, -0.2) is 0 Å². The van der Waals surface area contributed by atoms with Gasteiger partial charge in [0, 0.05) is 13.0 Å². The van der Waals surface area contributed by atoms with Gasteiger partial charge < -0.3 is 10.1 Å². The lowest BCUT2D eigenvalue weighted by Crippen LogP contribution is -2.34. The molecule has 4 nitrogen and oxygen atoms in total. The van der Waals surface area contributed by atoms with E-state index in [1.54, 1.807) is 0 Å². The largest absolute Gasteiger partial charge is 0.468 e. The van der Waals surface area contributed by atoms with E-state index < -0.39 is 11.3 Å². The average Bonchev–Trinajstić information content (AvgIpc) is 2.21. The lowest BCUT2D eigenvalue weighted by atomic mass is 10.1. The lowest BCUT2D eigenvalue weighted by molar-refractivity contribution is -0.140. The number of amides is 1. The summed E-state index contributed by atoms with van der Waals surface area (Å²) in [6, 6.07) is 0. The number of hydrogen-bond acceptors (Lipinski definition) is 3. The van der Waals surface area contributed by atoms with Crippen LogP contribution in [-0.4, -0.2) is 30.9 Å². The molecule has 0 aromatic carbocycles. The maximum absolute atomic E-state index is 11.2. The van der Waals surface area contributed by atoms with Crippen LogP contribution in [0.1, 0.15) is 26.7 Å². The molecular formula is C10H18ClNO3. The Labute approximate surface area is 95.3 Å². The number of ether oxygens (including phenoxy) is 1. The highest BCUT2D eigenvalue weighted by atomic mass is 35.5. The third-order valence-corrected chi connectivity index (χ3v) is 2.22. The van der Waals surface area contributed by atoms with Gasteiger partial charge in [-0.1, -0.05) is 13.8 Å². The Kier molecular flexibility index (Phi) is 7.13. The van der Waals surface area contributed by atoms with Crippen LogP contribution in [0.25, 0.3) is 0 Å². The Morgan fingerprint density at radius 3 is 2.47 bits per heavy atom. The number of halogens is 1. The van der Waals surface area contributed by atoms with Crippen molar-refractivity contribution in [2.75, 3.05) is 13.7 Å². The molecule has 0 aliphatic rings. The predicted molar refractivity (Wildman–Crippen MR) is 58.7 cm³/mol. The van der Waals surface area contributed by atoms with Crippen LogP contribution < -0.4 is 5.32 Å². The molecule has 0 radical (unpaired) electrons. The summed E-state index contributed by atoms with van der Waals surface area (Å²) in [5.74, 6) is -0.123. The van der Waals surface area contributed by atoms with Gasteiger partial charge in [-0.2, -0.15) is 0 Å². The van der Waals surface area contributed by atoms with Crippen LogP contribution >= 0.6 is 11.6 Å². The number of hydrogen-bond donors (Lipinski definition) is 1. The molecule has 0 rings (SSSR count). The van der Waals surface area contributed by atoms with E-state index in [-0.39, 0.29) is 12.5 Å². The van der Waals surface area contributed by atoms with Gasteiger partial charge in [-0.05, 0) is 12.3 Å². The molecule has 0 spiro atoms. The van der Waals surface area contributed by atoms with E-state index in [4.69, 9.17) is 11.6 Å². The van der Waals surface area contributed by atoms with E-state index in [2.05, 4.69) is 10.1 Å². The first-order chi connectivity index (χ1) is 6.97. The first kappa shape index (κ1) is 14.2. The molecule has 1 amide bonds. The molecule has 0 fully saturated rings. The zero-order valence-electron chi connectivity index (χ0n) is 9.38. The minimum Gasteiger partial charge on any atom is -0.468 e. The summed E-state index contributed by atoms with van der Waals surface area (Å²) in [6.07, 6.45) is 1.29. The Morgan fingerprint density at radius 1 is 1.40 bits per heavy atom. The Hall–Kier alpha value is -0.770. The van der Waals surface area contributed by atoms with Crippen molar-refractivity contribution < 1.29 is 14.3 Å². The molecule has 0 heterocycles. The molecule has 1 unspecified atom stereocenters. The van der Waals surface area contributed by atoms with E-state index in [0.717, 1.165) is 6.42 Å². The van der Waals surface area contributed by atoms with Gasteiger partial charge >= 0.3 is 5.97 Å². The van der Waals surface area contributed by atoms with Gasteiger partial charge in [0.25, 0.3) is 0 Å². The number of carbonyl (C=O) groups excluding carboxylic acids is 2. The zero-order chi connectivity index (χ0) is 11.8. The lowest BCUT2D eigenvalue weighted by Gasteiger charge is -2.09. The highest BCUT2D eigenvalue weighted by Crippen LogP contribution is 2.03. The van der Waals surface area contributed by atoms with Crippen molar-refractivity contribution in [1.82, 2.24) is 5.32 Å². The fraction of sp³-hybridized carbons (Fsp3) is 0.800. The van der Waals surface area contributed by atoms with Crippen molar-refractivity contribution in [1.29, 1.82) is 0 Å². The maximum atomic E-state index is 11.2. The quantitative estimate of drug-likeness (QED) is 0.558. The van der Waals surface area contributed by atoms with Crippen molar-refractivity contribution in [3.63, 3.8) is 0 Å². The van der Waals surface area contributed by atoms with Crippen LogP contribution in [0, 0.1) is 5.92 Å². The molecule has 0 aliphatic heterocycles. The van der Waals surface area contributed by atoms with E-state index in [1.165, 1.54) is 7.11 Å². The first-order valence-electron chi connectivity index (χ1n) is 4.96. The summed E-state index contributed by atoms with van der Waals surface area (Å²) in [7, 11) is 1.26. The third-order valence-electron chi connectivity index (χ3n) is 1.88. The van der Waals surface area contributed by atoms with Crippen LogP contribution in [0.4, 0.5) is 0 Å². The standard InChI is InChI=1S/C10H18ClNO3/c1-7(2)4-5-9(13)12-6-8(11)10(14)15-3/h7-8H,4-6H2,1-3H3,(H,12,13). The smallest absolute Gasteiger partial charge is 0.325 e. The number of alkyl halides is 1. The second-order valence-corrected chi connectivity index (χ2v) is 4.25. The van der Waals surface area contributed by atoms with Crippen molar-refractivity contribution >= 4 is 23.5 Å². The summed E-state index contributed by atoms with van der Waals surface area (Å²) in [5.41, 5.74) is 0. The van der Waals surface area contributed by atoms with E-state index in [0.29, 0.717) is 12.3 Å². The SMILES string of the molecule is COC(=O)C(Cl)CNC(=O)CCC(C)C. The maximum Gasteiger partial charge on any atom is 0.325 e. The first-order valence-corrected chi connectivity index (χ1v) is 5.39. The Balaban J connectivity index is 3.66. The number of esters is 1. The number of carbonyl (C=O) groups is 2. The Bertz CT molecular complexity index is 219. The van der Waals surface area contributed by atoms with Crippen molar-refractivity contribution in [3.05, 3.63) is 0 Å². The second kappa shape index (κ2) is 7.51. The highest BCUT2D eigenvalue weighted by molar-refractivity contribution is 6.30. The van der Waals surface area contributed by atoms with Crippen LogP contribution in [0.2, 0.25) is 0 Å². The van der Waals surface area contributed by atoms with E-state index in [9.17, 15) is 9.59 Å². The van der Waals surface area contributed by atoms with Gasteiger partial charge in [0.2, 0.25) is 5.91 Å². The molecule has 0 saturated carbocycles.